The average molecular weight is 492 g/mol. The average Bonchev–Trinajstić information content (AvgIpc) is 3.71. The van der Waals surface area contributed by atoms with Crippen molar-refractivity contribution in [2.24, 2.45) is 11.8 Å². The van der Waals surface area contributed by atoms with E-state index >= 15 is 0 Å². The number of fused-ring (bicyclic) bond motifs is 1. The Morgan fingerprint density at radius 1 is 1.19 bits per heavy atom. The summed E-state index contributed by atoms with van der Waals surface area (Å²) in [5.41, 5.74) is 0.0252. The van der Waals surface area contributed by atoms with Crippen molar-refractivity contribution in [1.29, 1.82) is 0 Å². The molecule has 5 rings (SSSR count). The highest BCUT2D eigenvalue weighted by Gasteiger charge is 2.29. The topological polar surface area (TPSA) is 119 Å². The molecule has 0 radical (unpaired) electrons. The largest absolute Gasteiger partial charge is 0.489 e. The zero-order valence-electron chi connectivity index (χ0n) is 20.9. The molecule has 2 aliphatic carbocycles. The van der Waals surface area contributed by atoms with E-state index in [0.29, 0.717) is 30.6 Å². The highest BCUT2D eigenvalue weighted by atomic mass is 16.5. The molecule has 9 nitrogen and oxygen atoms in total. The van der Waals surface area contributed by atoms with Crippen LogP contribution in [0.2, 0.25) is 0 Å². The Balaban J connectivity index is 1.50. The second-order valence-corrected chi connectivity index (χ2v) is 10.5. The van der Waals surface area contributed by atoms with Crippen molar-refractivity contribution in [3.63, 3.8) is 0 Å². The van der Waals surface area contributed by atoms with Crippen molar-refractivity contribution >= 4 is 22.8 Å². The van der Waals surface area contributed by atoms with Gasteiger partial charge >= 0.3 is 5.69 Å². The number of H-pyrrole nitrogens is 1. The minimum absolute atomic E-state index is 0.109. The summed E-state index contributed by atoms with van der Waals surface area (Å²) in [6.45, 7) is 4.93. The summed E-state index contributed by atoms with van der Waals surface area (Å²) in [6, 6.07) is 5.24. The van der Waals surface area contributed by atoms with E-state index in [1.807, 2.05) is 13.8 Å². The number of aromatic nitrogens is 4. The van der Waals surface area contributed by atoms with Crippen LogP contribution in [0.15, 0.2) is 34.0 Å². The Hall–Kier alpha value is -3.49. The van der Waals surface area contributed by atoms with Crippen LogP contribution in [-0.4, -0.2) is 32.0 Å². The molecule has 0 saturated heterocycles. The molecule has 0 unspecified atom stereocenters. The fourth-order valence-electron chi connectivity index (χ4n) is 4.93. The van der Waals surface area contributed by atoms with Crippen molar-refractivity contribution in [1.82, 2.24) is 19.5 Å². The first kappa shape index (κ1) is 24.2. The monoisotopic (exact) mass is 491 g/mol. The molecule has 2 saturated carbocycles. The van der Waals surface area contributed by atoms with Crippen LogP contribution in [0, 0.1) is 11.8 Å². The van der Waals surface area contributed by atoms with Crippen molar-refractivity contribution in [3.8, 4) is 5.75 Å². The summed E-state index contributed by atoms with van der Waals surface area (Å²) in [7, 11) is 0. The number of amides is 1. The van der Waals surface area contributed by atoms with Crippen LogP contribution in [0.25, 0.3) is 11.0 Å². The number of rotatable bonds is 8. The molecule has 0 atom stereocenters. The predicted molar refractivity (Wildman–Crippen MR) is 138 cm³/mol. The zero-order valence-corrected chi connectivity index (χ0v) is 20.9. The van der Waals surface area contributed by atoms with Gasteiger partial charge in [-0.2, -0.15) is 0 Å². The molecule has 2 aliphatic rings. The van der Waals surface area contributed by atoms with Crippen LogP contribution < -0.4 is 21.3 Å². The van der Waals surface area contributed by atoms with Crippen molar-refractivity contribution in [2.75, 3.05) is 11.9 Å². The Morgan fingerprint density at radius 2 is 1.97 bits per heavy atom. The summed E-state index contributed by atoms with van der Waals surface area (Å²) in [6.07, 6.45) is 9.55. The van der Waals surface area contributed by atoms with Gasteiger partial charge in [0.1, 0.15) is 0 Å². The normalized spacial score (nSPS) is 16.4. The number of carbonyl (C=O) groups is 1. The number of hydrogen-bond donors (Lipinski definition) is 2. The molecule has 9 heteroatoms. The van der Waals surface area contributed by atoms with E-state index in [9.17, 15) is 14.4 Å². The number of aromatic amines is 1. The van der Waals surface area contributed by atoms with E-state index in [-0.39, 0.29) is 28.4 Å². The lowest BCUT2D eigenvalue weighted by molar-refractivity contribution is 0.102. The molecular formula is C27H33N5O4. The molecule has 0 bridgehead atoms. The maximum atomic E-state index is 13.6. The number of nitrogens with one attached hydrogen (secondary N) is 2. The third-order valence-electron chi connectivity index (χ3n) is 6.96. The SMILES string of the molecule is CC(C)Cn1c(=O)[nH]c(=O)c2c(C(=O)Nc3ncccc3OCC3CCCCC3)cc(C3CC3)nc21. The van der Waals surface area contributed by atoms with Gasteiger partial charge in [-0.3, -0.25) is 19.1 Å². The summed E-state index contributed by atoms with van der Waals surface area (Å²) in [4.78, 5) is 50.5. The fourth-order valence-corrected chi connectivity index (χ4v) is 4.93. The van der Waals surface area contributed by atoms with Crippen LogP contribution in [0.1, 0.15) is 80.8 Å². The summed E-state index contributed by atoms with van der Waals surface area (Å²) in [5.74, 6) is 1.21. The lowest BCUT2D eigenvalue weighted by Crippen LogP contribution is -2.33. The molecule has 3 heterocycles. The molecule has 0 spiro atoms. The van der Waals surface area contributed by atoms with E-state index in [1.54, 1.807) is 24.4 Å². The molecule has 190 valence electrons. The lowest BCUT2D eigenvalue weighted by Gasteiger charge is -2.22. The van der Waals surface area contributed by atoms with E-state index in [0.717, 1.165) is 31.4 Å². The highest BCUT2D eigenvalue weighted by molar-refractivity contribution is 6.12. The first-order valence-electron chi connectivity index (χ1n) is 13.0. The minimum atomic E-state index is -0.621. The first-order chi connectivity index (χ1) is 17.4. The number of nitrogens with zero attached hydrogens (tertiary/aromatic N) is 3. The second-order valence-electron chi connectivity index (χ2n) is 10.5. The van der Waals surface area contributed by atoms with Crippen LogP contribution >= 0.6 is 0 Å². The fraction of sp³-hybridized carbons (Fsp3) is 0.519. The Kier molecular flexibility index (Phi) is 6.89. The first-order valence-corrected chi connectivity index (χ1v) is 13.0. The molecule has 0 aromatic carbocycles. The maximum Gasteiger partial charge on any atom is 0.330 e. The molecule has 3 aromatic rings. The third-order valence-corrected chi connectivity index (χ3v) is 6.96. The Bertz CT molecular complexity index is 1380. The van der Waals surface area contributed by atoms with E-state index < -0.39 is 17.2 Å². The molecule has 0 aliphatic heterocycles. The molecule has 2 fully saturated rings. The van der Waals surface area contributed by atoms with Crippen LogP contribution in [-0.2, 0) is 6.54 Å². The highest BCUT2D eigenvalue weighted by Crippen LogP contribution is 2.40. The summed E-state index contributed by atoms with van der Waals surface area (Å²) >= 11 is 0. The van der Waals surface area contributed by atoms with Crippen LogP contribution in [0.3, 0.4) is 0 Å². The number of pyridine rings is 2. The second kappa shape index (κ2) is 10.2. The van der Waals surface area contributed by atoms with Gasteiger partial charge < -0.3 is 10.1 Å². The van der Waals surface area contributed by atoms with Crippen molar-refractivity contribution in [2.45, 2.75) is 71.3 Å². The van der Waals surface area contributed by atoms with Gasteiger partial charge in [0, 0.05) is 24.4 Å². The zero-order chi connectivity index (χ0) is 25.2. The third kappa shape index (κ3) is 5.20. The maximum absolute atomic E-state index is 13.6. The van der Waals surface area contributed by atoms with Crippen LogP contribution in [0.5, 0.6) is 5.75 Å². The molecule has 1 amide bonds. The van der Waals surface area contributed by atoms with E-state index in [1.165, 1.54) is 23.8 Å². The number of carbonyl (C=O) groups excluding carboxylic acids is 1. The summed E-state index contributed by atoms with van der Waals surface area (Å²) in [5, 5.41) is 2.96. The number of anilines is 1. The number of hydrogen-bond acceptors (Lipinski definition) is 6. The van der Waals surface area contributed by atoms with Gasteiger partial charge in [0.15, 0.2) is 17.2 Å². The molecular weight excluding hydrogens is 458 g/mol. The predicted octanol–water partition coefficient (Wildman–Crippen LogP) is 4.22. The number of ether oxygens (including phenoxy) is 1. The summed E-state index contributed by atoms with van der Waals surface area (Å²) < 4.78 is 7.53. The Morgan fingerprint density at radius 3 is 2.69 bits per heavy atom. The van der Waals surface area contributed by atoms with Gasteiger partial charge in [-0.1, -0.05) is 33.1 Å². The van der Waals surface area contributed by atoms with Gasteiger partial charge in [0.2, 0.25) is 0 Å². The molecule has 2 N–H and O–H groups in total. The van der Waals surface area contributed by atoms with E-state index in [4.69, 9.17) is 4.74 Å². The van der Waals surface area contributed by atoms with Gasteiger partial charge in [-0.25, -0.2) is 14.8 Å². The van der Waals surface area contributed by atoms with E-state index in [2.05, 4.69) is 20.3 Å². The molecule has 36 heavy (non-hydrogen) atoms. The lowest BCUT2D eigenvalue weighted by atomic mass is 9.90. The van der Waals surface area contributed by atoms with Gasteiger partial charge in [0.05, 0.1) is 17.6 Å². The minimum Gasteiger partial charge on any atom is -0.489 e. The Labute approximate surface area is 209 Å². The van der Waals surface area contributed by atoms with Crippen molar-refractivity contribution < 1.29 is 9.53 Å². The van der Waals surface area contributed by atoms with Gasteiger partial charge in [-0.05, 0) is 55.7 Å². The van der Waals surface area contributed by atoms with Crippen LogP contribution in [0.4, 0.5) is 5.82 Å². The smallest absolute Gasteiger partial charge is 0.330 e. The quantitative estimate of drug-likeness (QED) is 0.487. The van der Waals surface area contributed by atoms with Crippen molar-refractivity contribution in [3.05, 3.63) is 56.5 Å². The molecule has 3 aromatic heterocycles. The van der Waals surface area contributed by atoms with Gasteiger partial charge in [0.25, 0.3) is 11.5 Å². The standard InChI is InChI=1S/C27H33N5O4/c1-16(2)14-32-24-22(26(34)31-27(32)35)19(13-20(29-24)18-10-11-18)25(33)30-23-21(9-6-12-28-23)36-15-17-7-4-3-5-8-17/h6,9,12-13,16-18H,3-5,7-8,10-11,14-15H2,1-2H3,(H,28,30,33)(H,31,34,35). The van der Waals surface area contributed by atoms with Gasteiger partial charge in [-0.15, -0.1) is 0 Å².